The molecule has 0 saturated carbocycles. The molecule has 0 fully saturated rings. The van der Waals surface area contributed by atoms with E-state index in [4.69, 9.17) is 0 Å². The van der Waals surface area contributed by atoms with Gasteiger partial charge in [0.15, 0.2) is 0 Å². The predicted octanol–water partition coefficient (Wildman–Crippen LogP) is 2.41. The smallest absolute Gasteiger partial charge is 0.0627 e. The van der Waals surface area contributed by atoms with Gasteiger partial charge in [-0.2, -0.15) is 17.7 Å². The number of halogens is 3. The van der Waals surface area contributed by atoms with Crippen molar-refractivity contribution in [3.63, 3.8) is 0 Å². The van der Waals surface area contributed by atoms with E-state index in [1.807, 2.05) is 6.07 Å². The second-order valence-corrected chi connectivity index (χ2v) is 1.47. The van der Waals surface area contributed by atoms with Gasteiger partial charge in [0.05, 0.1) is 6.29 Å². The summed E-state index contributed by atoms with van der Waals surface area (Å²) in [6.45, 7) is 0. The van der Waals surface area contributed by atoms with Crippen LogP contribution >= 0.6 is 37.2 Å². The molecule has 1 aromatic carbocycles. The fraction of sp³-hybridized carbons (Fsp3) is 0. The molecule has 5 heteroatoms. The molecule has 1 rings (SSSR count). The van der Waals surface area contributed by atoms with Crippen LogP contribution in [-0.2, 0) is 22.2 Å². The van der Waals surface area contributed by atoms with Crippen LogP contribution in [0, 0.1) is 0 Å². The summed E-state index contributed by atoms with van der Waals surface area (Å²) < 4.78 is 0. The molecule has 70 valence electrons. The van der Waals surface area contributed by atoms with E-state index in [2.05, 4.69) is 0 Å². The molecule has 0 N–H and O–H groups in total. The van der Waals surface area contributed by atoms with Gasteiger partial charge in [0.1, 0.15) is 0 Å². The summed E-state index contributed by atoms with van der Waals surface area (Å²) in [6.07, 6.45) is 1.78. The molecule has 0 radical (unpaired) electrons. The van der Waals surface area contributed by atoms with Crippen LogP contribution in [0.4, 0.5) is 0 Å². The summed E-state index contributed by atoms with van der Waals surface area (Å²) in [5, 5.41) is 0. The van der Waals surface area contributed by atoms with Crippen LogP contribution in [0.3, 0.4) is 0 Å². The Morgan fingerprint density at radius 1 is 0.917 bits per heavy atom. The summed E-state index contributed by atoms with van der Waals surface area (Å²) in [5.74, 6) is 0. The molecule has 0 aliphatic carbocycles. The van der Waals surface area contributed by atoms with Gasteiger partial charge in [-0.25, -0.2) is 0 Å². The monoisotopic (exact) mass is 265 g/mol. The standard InChI is InChI=1S/C7H5O.3ClH.Cr/c8-6-7-4-2-1-3-5-7;;;;/h1-5H;3*1H;/q-1;;;;. The molecule has 0 heterocycles. The number of benzene rings is 1. The van der Waals surface area contributed by atoms with Crippen LogP contribution in [-0.4, -0.2) is 6.29 Å². The molecule has 0 bridgehead atoms. The molecule has 0 aliphatic heterocycles. The summed E-state index contributed by atoms with van der Waals surface area (Å²) in [5.41, 5.74) is 0.604. The predicted molar refractivity (Wildman–Crippen MR) is 53.0 cm³/mol. The fourth-order valence-electron chi connectivity index (χ4n) is 0.506. The Kier molecular flexibility index (Phi) is 26.3. The largest absolute Gasteiger partial charge is 0.376 e. The van der Waals surface area contributed by atoms with Crippen molar-refractivity contribution in [2.75, 3.05) is 0 Å². The van der Waals surface area contributed by atoms with E-state index in [1.54, 1.807) is 30.6 Å². The summed E-state index contributed by atoms with van der Waals surface area (Å²) in [4.78, 5) is 9.88. The van der Waals surface area contributed by atoms with E-state index in [0.717, 1.165) is 0 Å². The Morgan fingerprint density at radius 3 is 1.58 bits per heavy atom. The van der Waals surface area contributed by atoms with Crippen molar-refractivity contribution >= 4 is 43.5 Å². The number of carbonyl (C=O) groups excluding carboxylic acids is 1. The van der Waals surface area contributed by atoms with E-state index in [9.17, 15) is 4.79 Å². The fourth-order valence-corrected chi connectivity index (χ4v) is 0.506. The second kappa shape index (κ2) is 13.9. The van der Waals surface area contributed by atoms with Crippen LogP contribution in [0.5, 0.6) is 0 Å². The van der Waals surface area contributed by atoms with Crippen LogP contribution in [0.1, 0.15) is 5.56 Å². The summed E-state index contributed by atoms with van der Waals surface area (Å²) >= 11 is 0. The van der Waals surface area contributed by atoms with Crippen molar-refractivity contribution in [3.8, 4) is 0 Å². The first kappa shape index (κ1) is 22.8. The van der Waals surface area contributed by atoms with E-state index in [0.29, 0.717) is 5.56 Å². The molecular formula is C7H8Cl3CrO-. The molecule has 1 aromatic rings. The molecule has 0 atom stereocenters. The topological polar surface area (TPSA) is 17.1 Å². The van der Waals surface area contributed by atoms with Crippen molar-refractivity contribution in [3.05, 3.63) is 35.9 Å². The molecule has 0 aliphatic rings. The zero-order chi connectivity index (χ0) is 5.82. The minimum atomic E-state index is 0. The van der Waals surface area contributed by atoms with E-state index in [1.165, 1.54) is 0 Å². The minimum absolute atomic E-state index is 0. The molecule has 12 heavy (non-hydrogen) atoms. The van der Waals surface area contributed by atoms with E-state index in [-0.39, 0.29) is 54.6 Å². The van der Waals surface area contributed by atoms with Gasteiger partial charge in [-0.15, -0.1) is 49.4 Å². The number of rotatable bonds is 1. The van der Waals surface area contributed by atoms with Gasteiger partial charge in [0.25, 0.3) is 0 Å². The summed E-state index contributed by atoms with van der Waals surface area (Å²) in [6, 6.07) is 8.90. The third-order valence-corrected chi connectivity index (χ3v) is 0.892. The molecule has 0 spiro atoms. The van der Waals surface area contributed by atoms with Crippen LogP contribution in [0.2, 0.25) is 0 Å². The van der Waals surface area contributed by atoms with Gasteiger partial charge in [-0.05, 0) is 0 Å². The van der Waals surface area contributed by atoms with Crippen molar-refractivity contribution in [2.45, 2.75) is 0 Å². The number of hydrogen-bond acceptors (Lipinski definition) is 1. The molecule has 1 nitrogen and oxygen atoms in total. The zero-order valence-electron chi connectivity index (χ0n) is 5.93. The zero-order valence-corrected chi connectivity index (χ0v) is 9.65. The van der Waals surface area contributed by atoms with Crippen LogP contribution in [0.25, 0.3) is 0 Å². The van der Waals surface area contributed by atoms with Crippen molar-refractivity contribution in [1.82, 2.24) is 0 Å². The Labute approximate surface area is 101 Å². The van der Waals surface area contributed by atoms with E-state index < -0.39 is 0 Å². The maximum absolute atomic E-state index is 9.88. The Hall–Kier alpha value is 0.292. The normalized spacial score (nSPS) is 5.67. The Balaban J connectivity index is -0.0000000800. The van der Waals surface area contributed by atoms with Gasteiger partial charge >= 0.3 is 0 Å². The summed E-state index contributed by atoms with van der Waals surface area (Å²) in [7, 11) is 0. The van der Waals surface area contributed by atoms with Gasteiger partial charge in [-0.1, -0.05) is 6.07 Å². The Morgan fingerprint density at radius 2 is 1.33 bits per heavy atom. The van der Waals surface area contributed by atoms with Crippen molar-refractivity contribution in [2.24, 2.45) is 0 Å². The minimum Gasteiger partial charge on any atom is -0.376 e. The average molecular weight is 266 g/mol. The maximum Gasteiger partial charge on any atom is 0.0627 e. The first-order valence-corrected chi connectivity index (χ1v) is 2.36. The van der Waals surface area contributed by atoms with Crippen LogP contribution < -0.4 is 0 Å². The van der Waals surface area contributed by atoms with E-state index >= 15 is 0 Å². The SMILES string of the molecule is Cl.Cl.Cl.O=[C-]c1ccccc1.[Cr]. The number of hydrogen-bond donors (Lipinski definition) is 0. The average Bonchev–Trinajstić information content (AvgIpc) is 1.90. The first-order valence-electron chi connectivity index (χ1n) is 2.36. The maximum atomic E-state index is 9.88. The molecule has 0 aromatic heterocycles. The molecule has 0 saturated heterocycles. The third kappa shape index (κ3) is 8.39. The molecule has 0 unspecified atom stereocenters. The van der Waals surface area contributed by atoms with Gasteiger partial charge in [0.2, 0.25) is 0 Å². The van der Waals surface area contributed by atoms with Crippen LogP contribution in [0.15, 0.2) is 30.3 Å². The van der Waals surface area contributed by atoms with Gasteiger partial charge in [-0.3, -0.25) is 0 Å². The van der Waals surface area contributed by atoms with Crippen molar-refractivity contribution in [1.29, 1.82) is 0 Å². The van der Waals surface area contributed by atoms with Gasteiger partial charge < -0.3 is 4.79 Å². The molecular weight excluding hydrogens is 258 g/mol. The third-order valence-electron chi connectivity index (χ3n) is 0.892. The van der Waals surface area contributed by atoms with Gasteiger partial charge in [0, 0.05) is 17.4 Å². The quantitative estimate of drug-likeness (QED) is 0.714. The van der Waals surface area contributed by atoms with Crippen molar-refractivity contribution < 1.29 is 22.2 Å². The Bertz CT molecular complexity index is 181. The first-order chi connectivity index (χ1) is 3.93. The second-order valence-electron chi connectivity index (χ2n) is 1.47. The molecule has 0 amide bonds.